The molecular weight excluding hydrogens is 362 g/mol. The summed E-state index contributed by atoms with van der Waals surface area (Å²) in [5, 5.41) is 19.2. The van der Waals surface area contributed by atoms with Crippen LogP contribution in [0.15, 0.2) is 59.2 Å². The molecule has 3 heterocycles. The number of anilines is 1. The monoisotopic (exact) mass is 379 g/mol. The number of nitro benzene ring substituents is 1. The van der Waals surface area contributed by atoms with Crippen LogP contribution in [0.3, 0.4) is 0 Å². The Hall–Kier alpha value is -3.75. The van der Waals surface area contributed by atoms with Gasteiger partial charge in [0.15, 0.2) is 11.6 Å². The van der Waals surface area contributed by atoms with Crippen molar-refractivity contribution >= 4 is 17.4 Å². The third-order valence-electron chi connectivity index (χ3n) is 4.64. The van der Waals surface area contributed by atoms with Crippen molar-refractivity contribution in [2.75, 3.05) is 31.1 Å². The summed E-state index contributed by atoms with van der Waals surface area (Å²) in [5.41, 5.74) is 1.08. The number of carbonyl (C=O) groups is 1. The van der Waals surface area contributed by atoms with Crippen LogP contribution >= 0.6 is 0 Å². The topological polar surface area (TPSA) is 106 Å². The quantitative estimate of drug-likeness (QED) is 0.507. The molecule has 0 unspecified atom stereocenters. The number of piperazine rings is 1. The van der Waals surface area contributed by atoms with Crippen LogP contribution in [-0.2, 0) is 0 Å². The Morgan fingerprint density at radius 2 is 1.75 bits per heavy atom. The van der Waals surface area contributed by atoms with Crippen LogP contribution in [0, 0.1) is 10.1 Å². The minimum Gasteiger partial charge on any atom is -0.463 e. The van der Waals surface area contributed by atoms with Crippen molar-refractivity contribution < 1.29 is 14.1 Å². The molecule has 0 spiro atoms. The number of nitrogens with zero attached hydrogens (tertiary/aromatic N) is 5. The van der Waals surface area contributed by atoms with Gasteiger partial charge in [0, 0.05) is 43.9 Å². The van der Waals surface area contributed by atoms with E-state index in [0.717, 1.165) is 5.82 Å². The highest BCUT2D eigenvalue weighted by Crippen LogP contribution is 2.20. The number of hydrogen-bond acceptors (Lipinski definition) is 7. The average molecular weight is 379 g/mol. The van der Waals surface area contributed by atoms with E-state index in [0.29, 0.717) is 43.2 Å². The Morgan fingerprint density at radius 1 is 1.00 bits per heavy atom. The first kappa shape index (κ1) is 17.7. The molecule has 9 nitrogen and oxygen atoms in total. The lowest BCUT2D eigenvalue weighted by atomic mass is 10.1. The molecule has 1 fully saturated rings. The first-order chi connectivity index (χ1) is 13.6. The van der Waals surface area contributed by atoms with Crippen LogP contribution in [0.2, 0.25) is 0 Å². The maximum Gasteiger partial charge on any atom is 0.269 e. The van der Waals surface area contributed by atoms with E-state index in [9.17, 15) is 14.9 Å². The minimum atomic E-state index is -0.481. The zero-order chi connectivity index (χ0) is 19.5. The number of non-ortho nitro benzene ring substituents is 1. The van der Waals surface area contributed by atoms with Crippen molar-refractivity contribution in [2.24, 2.45) is 0 Å². The van der Waals surface area contributed by atoms with Gasteiger partial charge in [-0.2, -0.15) is 0 Å². The van der Waals surface area contributed by atoms with E-state index in [4.69, 9.17) is 4.42 Å². The summed E-state index contributed by atoms with van der Waals surface area (Å²) >= 11 is 0. The minimum absolute atomic E-state index is 0.0297. The summed E-state index contributed by atoms with van der Waals surface area (Å²) in [5.74, 6) is 1.28. The van der Waals surface area contributed by atoms with Gasteiger partial charge in [0.2, 0.25) is 0 Å². The van der Waals surface area contributed by atoms with Crippen molar-refractivity contribution in [3.63, 3.8) is 0 Å². The molecule has 3 aromatic rings. The smallest absolute Gasteiger partial charge is 0.269 e. The van der Waals surface area contributed by atoms with Gasteiger partial charge in [-0.1, -0.05) is 0 Å². The van der Waals surface area contributed by atoms with E-state index in [1.165, 1.54) is 24.3 Å². The third kappa shape index (κ3) is 3.54. The maximum atomic E-state index is 12.6. The lowest BCUT2D eigenvalue weighted by molar-refractivity contribution is -0.384. The number of carbonyl (C=O) groups excluding carboxylic acids is 1. The van der Waals surface area contributed by atoms with Crippen LogP contribution in [0.5, 0.6) is 0 Å². The van der Waals surface area contributed by atoms with Gasteiger partial charge in [-0.3, -0.25) is 14.9 Å². The third-order valence-corrected chi connectivity index (χ3v) is 4.64. The van der Waals surface area contributed by atoms with Crippen molar-refractivity contribution in [2.45, 2.75) is 0 Å². The fourth-order valence-corrected chi connectivity index (χ4v) is 3.10. The molecule has 142 valence electrons. The van der Waals surface area contributed by atoms with Gasteiger partial charge in [0.1, 0.15) is 5.69 Å². The summed E-state index contributed by atoms with van der Waals surface area (Å²) in [4.78, 5) is 26.7. The van der Waals surface area contributed by atoms with Crippen LogP contribution in [0.25, 0.3) is 11.5 Å². The Balaban J connectivity index is 1.37. The van der Waals surface area contributed by atoms with Crippen molar-refractivity contribution in [1.82, 2.24) is 15.1 Å². The summed E-state index contributed by atoms with van der Waals surface area (Å²) in [6, 6.07) is 13.0. The number of amides is 1. The predicted molar refractivity (Wildman–Crippen MR) is 101 cm³/mol. The molecule has 1 aliphatic rings. The highest BCUT2D eigenvalue weighted by atomic mass is 16.6. The number of hydrogen-bond donors (Lipinski definition) is 0. The van der Waals surface area contributed by atoms with Gasteiger partial charge in [-0.05, 0) is 36.4 Å². The van der Waals surface area contributed by atoms with Crippen LogP contribution in [-0.4, -0.2) is 52.1 Å². The first-order valence-electron chi connectivity index (χ1n) is 8.78. The first-order valence-corrected chi connectivity index (χ1v) is 8.78. The van der Waals surface area contributed by atoms with Gasteiger partial charge in [-0.15, -0.1) is 10.2 Å². The summed E-state index contributed by atoms with van der Waals surface area (Å²) in [7, 11) is 0. The fourth-order valence-electron chi connectivity index (χ4n) is 3.10. The molecule has 9 heteroatoms. The predicted octanol–water partition coefficient (Wildman–Crippen LogP) is 2.61. The molecule has 4 rings (SSSR count). The second-order valence-corrected chi connectivity index (χ2v) is 6.34. The Kier molecular flexibility index (Phi) is 4.71. The zero-order valence-electron chi connectivity index (χ0n) is 14.9. The number of rotatable bonds is 4. The van der Waals surface area contributed by atoms with Gasteiger partial charge in [0.05, 0.1) is 11.2 Å². The molecule has 1 aromatic carbocycles. The van der Waals surface area contributed by atoms with Crippen LogP contribution in [0.4, 0.5) is 11.5 Å². The van der Waals surface area contributed by atoms with Crippen LogP contribution in [0.1, 0.15) is 10.4 Å². The number of furan rings is 1. The SMILES string of the molecule is O=C(c1ccc([N+](=O)[O-])cc1)N1CCN(c2ccc(-c3ccco3)nn2)CC1. The lowest BCUT2D eigenvalue weighted by Crippen LogP contribution is -2.49. The van der Waals surface area contributed by atoms with Crippen molar-refractivity contribution in [3.05, 3.63) is 70.5 Å². The second-order valence-electron chi connectivity index (χ2n) is 6.34. The Morgan fingerprint density at radius 3 is 2.32 bits per heavy atom. The second kappa shape index (κ2) is 7.47. The molecule has 1 aliphatic heterocycles. The fraction of sp³-hybridized carbons (Fsp3) is 0.211. The molecular formula is C19H17N5O4. The van der Waals surface area contributed by atoms with Gasteiger partial charge >= 0.3 is 0 Å². The summed E-state index contributed by atoms with van der Waals surface area (Å²) < 4.78 is 5.31. The molecule has 0 bridgehead atoms. The van der Waals surface area contributed by atoms with Crippen molar-refractivity contribution in [1.29, 1.82) is 0 Å². The number of aromatic nitrogens is 2. The molecule has 0 radical (unpaired) electrons. The molecule has 0 N–H and O–H groups in total. The normalized spacial score (nSPS) is 14.1. The molecule has 2 aromatic heterocycles. The Labute approximate surface area is 160 Å². The van der Waals surface area contributed by atoms with Crippen LogP contribution < -0.4 is 4.90 Å². The highest BCUT2D eigenvalue weighted by Gasteiger charge is 2.23. The molecule has 0 aliphatic carbocycles. The maximum absolute atomic E-state index is 12.6. The molecule has 28 heavy (non-hydrogen) atoms. The number of benzene rings is 1. The summed E-state index contributed by atoms with van der Waals surface area (Å²) in [6.45, 7) is 2.34. The molecule has 1 saturated heterocycles. The van der Waals surface area contributed by atoms with E-state index in [1.54, 1.807) is 17.2 Å². The summed E-state index contributed by atoms with van der Waals surface area (Å²) in [6.07, 6.45) is 1.59. The van der Waals surface area contributed by atoms with E-state index < -0.39 is 4.92 Å². The highest BCUT2D eigenvalue weighted by molar-refractivity contribution is 5.94. The van der Waals surface area contributed by atoms with Crippen molar-refractivity contribution in [3.8, 4) is 11.5 Å². The lowest BCUT2D eigenvalue weighted by Gasteiger charge is -2.35. The Bertz CT molecular complexity index is 963. The largest absolute Gasteiger partial charge is 0.463 e. The van der Waals surface area contributed by atoms with E-state index in [2.05, 4.69) is 15.1 Å². The molecule has 1 amide bonds. The van der Waals surface area contributed by atoms with Gasteiger partial charge in [-0.25, -0.2) is 0 Å². The van der Waals surface area contributed by atoms with Gasteiger partial charge in [0.25, 0.3) is 11.6 Å². The van der Waals surface area contributed by atoms with Gasteiger partial charge < -0.3 is 14.2 Å². The zero-order valence-corrected chi connectivity index (χ0v) is 14.9. The van der Waals surface area contributed by atoms with E-state index >= 15 is 0 Å². The average Bonchev–Trinajstić information content (AvgIpc) is 3.28. The number of nitro groups is 1. The molecule has 0 atom stereocenters. The molecule has 0 saturated carbocycles. The van der Waals surface area contributed by atoms with E-state index in [-0.39, 0.29) is 11.6 Å². The van der Waals surface area contributed by atoms with E-state index in [1.807, 2.05) is 18.2 Å². The standard InChI is InChI=1S/C19H17N5O4/c25-19(14-3-5-15(6-4-14)24(26)27)23-11-9-22(10-12-23)18-8-7-16(20-21-18)17-2-1-13-28-17/h1-8,13H,9-12H2.